The molecule has 84 valence electrons. The number of imidazole rings is 1. The summed E-state index contributed by atoms with van der Waals surface area (Å²) in [6.45, 7) is 0.857. The van der Waals surface area contributed by atoms with Crippen molar-refractivity contribution in [2.75, 3.05) is 0 Å². The lowest BCUT2D eigenvalue weighted by molar-refractivity contribution is -0.149. The van der Waals surface area contributed by atoms with Crippen LogP contribution in [0.4, 0.5) is 13.2 Å². The van der Waals surface area contributed by atoms with Gasteiger partial charge in [-0.15, -0.1) is 0 Å². The van der Waals surface area contributed by atoms with Crippen molar-refractivity contribution in [3.8, 4) is 0 Å². The maximum Gasteiger partial charge on any atom is 0.408 e. The maximum atomic E-state index is 12.1. The molecule has 0 unspecified atom stereocenters. The van der Waals surface area contributed by atoms with Crippen molar-refractivity contribution in [3.05, 3.63) is 16.6 Å². The average Bonchev–Trinajstić information content (AvgIpc) is 2.50. The Morgan fingerprint density at radius 2 is 2.27 bits per heavy atom. The Hall–Kier alpha value is -1.05. The summed E-state index contributed by atoms with van der Waals surface area (Å²) in [6.07, 6.45) is -3.17. The molecule has 4 nitrogen and oxygen atoms in total. The van der Waals surface area contributed by atoms with E-state index in [-0.39, 0.29) is 5.82 Å². The van der Waals surface area contributed by atoms with Gasteiger partial charge in [0.1, 0.15) is 10.6 Å². The number of alkyl halides is 3. The minimum absolute atomic E-state index is 0.169. The molecule has 0 saturated heterocycles. The van der Waals surface area contributed by atoms with E-state index in [1.807, 2.05) is 0 Å². The highest BCUT2D eigenvalue weighted by Crippen LogP contribution is 2.19. The molecule has 0 saturated carbocycles. The van der Waals surface area contributed by atoms with Crippen molar-refractivity contribution in [1.29, 1.82) is 0 Å². The molecule has 8 heteroatoms. The zero-order chi connectivity index (χ0) is 11.6. The van der Waals surface area contributed by atoms with Crippen LogP contribution in [-0.2, 0) is 0 Å². The molecule has 0 radical (unpaired) electrons. The number of aromatic nitrogens is 2. The number of carbonyl (C=O) groups is 1. The fourth-order valence-electron chi connectivity index (χ4n) is 0.761. The Labute approximate surface area is 91.4 Å². The van der Waals surface area contributed by atoms with Gasteiger partial charge in [0.25, 0.3) is 5.91 Å². The summed E-state index contributed by atoms with van der Waals surface area (Å²) in [4.78, 5) is 17.2. The van der Waals surface area contributed by atoms with E-state index in [4.69, 9.17) is 0 Å². The minimum atomic E-state index is -4.46. The molecule has 1 amide bonds. The summed E-state index contributed by atoms with van der Waals surface area (Å²) in [5.74, 6) is -1.07. The standard InChI is InChI=1S/C7H7BrF3N3O/c1-3(7(9,10)11)13-6(15)5-12-2-4(8)14-5/h2-3H,1H3,(H,12,14)(H,13,15)/t3-/m0/s1. The number of aromatic amines is 1. The second-order valence-electron chi connectivity index (χ2n) is 2.82. The van der Waals surface area contributed by atoms with Crippen molar-refractivity contribution in [2.24, 2.45) is 0 Å². The van der Waals surface area contributed by atoms with E-state index in [1.54, 1.807) is 5.32 Å². The highest BCUT2D eigenvalue weighted by Gasteiger charge is 2.37. The Kier molecular flexibility index (Phi) is 3.38. The van der Waals surface area contributed by atoms with Gasteiger partial charge in [0, 0.05) is 0 Å². The summed E-state index contributed by atoms with van der Waals surface area (Å²) < 4.78 is 36.7. The number of hydrogen-bond acceptors (Lipinski definition) is 2. The number of amides is 1. The van der Waals surface area contributed by atoms with E-state index in [0.717, 1.165) is 6.92 Å². The second-order valence-corrected chi connectivity index (χ2v) is 3.67. The largest absolute Gasteiger partial charge is 0.408 e. The zero-order valence-electron chi connectivity index (χ0n) is 7.52. The van der Waals surface area contributed by atoms with Crippen LogP contribution in [0.15, 0.2) is 10.8 Å². The molecule has 0 fully saturated rings. The van der Waals surface area contributed by atoms with Gasteiger partial charge in [-0.25, -0.2) is 4.98 Å². The van der Waals surface area contributed by atoms with Crippen LogP contribution in [0.3, 0.4) is 0 Å². The van der Waals surface area contributed by atoms with Crippen LogP contribution in [0, 0.1) is 0 Å². The number of nitrogens with zero attached hydrogens (tertiary/aromatic N) is 1. The maximum absolute atomic E-state index is 12.1. The molecular weight excluding hydrogens is 279 g/mol. The molecule has 2 N–H and O–H groups in total. The van der Waals surface area contributed by atoms with E-state index in [0.29, 0.717) is 4.60 Å². The van der Waals surface area contributed by atoms with Crippen LogP contribution >= 0.6 is 15.9 Å². The lowest BCUT2D eigenvalue weighted by atomic mass is 10.3. The number of hydrogen-bond donors (Lipinski definition) is 2. The van der Waals surface area contributed by atoms with Crippen molar-refractivity contribution in [1.82, 2.24) is 15.3 Å². The van der Waals surface area contributed by atoms with Gasteiger partial charge in [0.05, 0.1) is 6.20 Å². The normalized spacial score (nSPS) is 13.7. The minimum Gasteiger partial charge on any atom is -0.338 e. The summed E-state index contributed by atoms with van der Waals surface area (Å²) in [5, 5.41) is 1.77. The van der Waals surface area contributed by atoms with Gasteiger partial charge in [0.2, 0.25) is 0 Å². The number of rotatable bonds is 2. The Bertz CT molecular complexity index is 363. The van der Waals surface area contributed by atoms with Crippen LogP contribution in [0.2, 0.25) is 0 Å². The van der Waals surface area contributed by atoms with Crippen LogP contribution < -0.4 is 5.32 Å². The van der Waals surface area contributed by atoms with Gasteiger partial charge in [-0.05, 0) is 22.9 Å². The van der Waals surface area contributed by atoms with Gasteiger partial charge in [-0.2, -0.15) is 13.2 Å². The molecule has 0 aliphatic rings. The van der Waals surface area contributed by atoms with Crippen LogP contribution in [0.25, 0.3) is 0 Å². The first kappa shape index (κ1) is 12.0. The van der Waals surface area contributed by atoms with Crippen molar-refractivity contribution < 1.29 is 18.0 Å². The van der Waals surface area contributed by atoms with E-state index in [2.05, 4.69) is 25.9 Å². The molecule has 1 atom stereocenters. The molecule has 0 spiro atoms. The van der Waals surface area contributed by atoms with E-state index in [1.165, 1.54) is 6.20 Å². The van der Waals surface area contributed by atoms with E-state index < -0.39 is 18.1 Å². The van der Waals surface area contributed by atoms with Crippen LogP contribution in [-0.4, -0.2) is 28.1 Å². The zero-order valence-corrected chi connectivity index (χ0v) is 9.11. The number of nitrogens with one attached hydrogen (secondary N) is 2. The molecule has 15 heavy (non-hydrogen) atoms. The number of halogens is 4. The van der Waals surface area contributed by atoms with Crippen molar-refractivity contribution >= 4 is 21.8 Å². The van der Waals surface area contributed by atoms with Crippen molar-refractivity contribution in [2.45, 2.75) is 19.1 Å². The molecule has 1 heterocycles. The third kappa shape index (κ3) is 3.22. The van der Waals surface area contributed by atoms with E-state index >= 15 is 0 Å². The fourth-order valence-corrected chi connectivity index (χ4v) is 1.05. The number of carbonyl (C=O) groups excluding carboxylic acids is 1. The van der Waals surface area contributed by atoms with E-state index in [9.17, 15) is 18.0 Å². The monoisotopic (exact) mass is 285 g/mol. The van der Waals surface area contributed by atoms with Gasteiger partial charge in [-0.1, -0.05) is 0 Å². The molecule has 0 bridgehead atoms. The summed E-state index contributed by atoms with van der Waals surface area (Å²) in [6, 6.07) is -1.91. The lowest BCUT2D eigenvalue weighted by Crippen LogP contribution is -2.43. The molecule has 0 aromatic carbocycles. The molecule has 1 rings (SSSR count). The van der Waals surface area contributed by atoms with Crippen molar-refractivity contribution in [3.63, 3.8) is 0 Å². The topological polar surface area (TPSA) is 57.8 Å². The first-order valence-corrected chi connectivity index (χ1v) is 4.68. The highest BCUT2D eigenvalue weighted by atomic mass is 79.9. The summed E-state index contributed by atoms with van der Waals surface area (Å²) in [5.41, 5.74) is 0. The first-order chi connectivity index (χ1) is 6.80. The first-order valence-electron chi connectivity index (χ1n) is 3.89. The Balaban J connectivity index is 2.64. The third-order valence-electron chi connectivity index (χ3n) is 1.60. The summed E-state index contributed by atoms with van der Waals surface area (Å²) >= 11 is 2.99. The fraction of sp³-hybridized carbons (Fsp3) is 0.429. The summed E-state index contributed by atoms with van der Waals surface area (Å²) in [7, 11) is 0. The Morgan fingerprint density at radius 3 is 2.67 bits per heavy atom. The van der Waals surface area contributed by atoms with Gasteiger partial charge < -0.3 is 10.3 Å². The second kappa shape index (κ2) is 4.21. The van der Waals surface area contributed by atoms with Crippen LogP contribution in [0.1, 0.15) is 17.5 Å². The molecular formula is C7H7BrF3N3O. The van der Waals surface area contributed by atoms with Crippen LogP contribution in [0.5, 0.6) is 0 Å². The molecule has 1 aromatic heterocycles. The molecule has 1 aromatic rings. The Morgan fingerprint density at radius 1 is 1.67 bits per heavy atom. The molecule has 0 aliphatic carbocycles. The predicted octanol–water partition coefficient (Wildman–Crippen LogP) is 1.85. The quantitative estimate of drug-likeness (QED) is 0.871. The number of H-pyrrole nitrogens is 1. The average molecular weight is 286 g/mol. The van der Waals surface area contributed by atoms with Gasteiger partial charge in [0.15, 0.2) is 5.82 Å². The molecule has 0 aliphatic heterocycles. The SMILES string of the molecule is C[C@H](NC(=O)c1ncc(Br)[nH]1)C(F)(F)F. The van der Waals surface area contributed by atoms with Gasteiger partial charge in [-0.3, -0.25) is 4.79 Å². The predicted molar refractivity (Wildman–Crippen MR) is 49.3 cm³/mol. The lowest BCUT2D eigenvalue weighted by Gasteiger charge is -2.16. The van der Waals surface area contributed by atoms with Gasteiger partial charge >= 0.3 is 6.18 Å². The smallest absolute Gasteiger partial charge is 0.338 e. The third-order valence-corrected chi connectivity index (χ3v) is 2.00. The highest BCUT2D eigenvalue weighted by molar-refractivity contribution is 9.10.